The molecule has 1 saturated heterocycles. The summed E-state index contributed by atoms with van der Waals surface area (Å²) < 4.78 is 5.32. The molecule has 21 heavy (non-hydrogen) atoms. The van der Waals surface area contributed by atoms with Crippen molar-refractivity contribution in [3.05, 3.63) is 54.4 Å². The summed E-state index contributed by atoms with van der Waals surface area (Å²) >= 11 is 0. The van der Waals surface area contributed by atoms with Gasteiger partial charge in [0.1, 0.15) is 5.69 Å². The van der Waals surface area contributed by atoms with E-state index in [9.17, 15) is 4.79 Å². The number of carbonyl (C=O) groups is 1. The highest BCUT2D eigenvalue weighted by Crippen LogP contribution is 2.15. The molecule has 108 valence electrons. The van der Waals surface area contributed by atoms with Crippen molar-refractivity contribution in [2.24, 2.45) is 0 Å². The Bertz CT molecular complexity index is 593. The summed E-state index contributed by atoms with van der Waals surface area (Å²) in [7, 11) is 0. The Morgan fingerprint density at radius 2 is 1.86 bits per heavy atom. The highest BCUT2D eigenvalue weighted by molar-refractivity contribution is 6.02. The number of ether oxygens (including phenoxy) is 1. The molecule has 0 aliphatic carbocycles. The third kappa shape index (κ3) is 3.38. The molecular formula is C16H17N3O2. The number of benzene rings is 1. The van der Waals surface area contributed by atoms with E-state index in [0.717, 1.165) is 37.7 Å². The van der Waals surface area contributed by atoms with E-state index in [0.29, 0.717) is 5.69 Å². The van der Waals surface area contributed by atoms with Crippen molar-refractivity contribution in [3.63, 3.8) is 0 Å². The van der Waals surface area contributed by atoms with Gasteiger partial charge in [-0.25, -0.2) is 4.98 Å². The van der Waals surface area contributed by atoms with E-state index < -0.39 is 0 Å². The van der Waals surface area contributed by atoms with Crippen molar-refractivity contribution in [2.45, 2.75) is 0 Å². The molecular weight excluding hydrogens is 266 g/mol. The number of nitrogens with one attached hydrogen (secondary N) is 1. The molecule has 1 aliphatic heterocycles. The van der Waals surface area contributed by atoms with Crippen LogP contribution in [0.4, 0.5) is 11.4 Å². The van der Waals surface area contributed by atoms with Crippen molar-refractivity contribution in [3.8, 4) is 0 Å². The van der Waals surface area contributed by atoms with E-state index >= 15 is 0 Å². The van der Waals surface area contributed by atoms with Gasteiger partial charge in [0.25, 0.3) is 5.91 Å². The summed E-state index contributed by atoms with van der Waals surface area (Å²) in [6, 6.07) is 13.0. The summed E-state index contributed by atoms with van der Waals surface area (Å²) in [6.07, 6.45) is 1.74. The minimum atomic E-state index is -0.199. The minimum Gasteiger partial charge on any atom is -0.378 e. The molecule has 1 amide bonds. The van der Waals surface area contributed by atoms with Crippen LogP contribution in [0.2, 0.25) is 0 Å². The first-order valence-corrected chi connectivity index (χ1v) is 6.98. The highest BCUT2D eigenvalue weighted by Gasteiger charge is 2.13. The lowest BCUT2D eigenvalue weighted by Gasteiger charge is -2.28. The predicted molar refractivity (Wildman–Crippen MR) is 81.7 cm³/mol. The fourth-order valence-electron chi connectivity index (χ4n) is 2.25. The second-order valence-corrected chi connectivity index (χ2v) is 4.82. The third-order valence-electron chi connectivity index (χ3n) is 3.39. The van der Waals surface area contributed by atoms with Crippen LogP contribution in [0.1, 0.15) is 10.5 Å². The number of nitrogens with zero attached hydrogens (tertiary/aromatic N) is 2. The maximum Gasteiger partial charge on any atom is 0.274 e. The van der Waals surface area contributed by atoms with E-state index in [1.807, 2.05) is 36.4 Å². The molecule has 2 heterocycles. The van der Waals surface area contributed by atoms with Gasteiger partial charge < -0.3 is 15.0 Å². The maximum atomic E-state index is 12.1. The summed E-state index contributed by atoms with van der Waals surface area (Å²) in [4.78, 5) is 18.6. The fraction of sp³-hybridized carbons (Fsp3) is 0.250. The second kappa shape index (κ2) is 6.37. The van der Waals surface area contributed by atoms with Crippen LogP contribution < -0.4 is 10.2 Å². The first-order valence-electron chi connectivity index (χ1n) is 6.98. The average molecular weight is 283 g/mol. The number of hydrogen-bond donors (Lipinski definition) is 1. The van der Waals surface area contributed by atoms with Crippen molar-refractivity contribution < 1.29 is 9.53 Å². The molecule has 0 bridgehead atoms. The standard InChI is InChI=1S/C16H17N3O2/c20-16(18-13-4-2-1-3-5-13)15-7-6-14(12-17-15)19-8-10-21-11-9-19/h1-7,12H,8-11H2,(H,18,20). The lowest BCUT2D eigenvalue weighted by molar-refractivity contribution is 0.102. The molecule has 2 aromatic rings. The lowest BCUT2D eigenvalue weighted by atomic mass is 10.2. The van der Waals surface area contributed by atoms with Crippen LogP contribution in [0.5, 0.6) is 0 Å². The molecule has 0 saturated carbocycles. The molecule has 5 nitrogen and oxygen atoms in total. The number of para-hydroxylation sites is 1. The second-order valence-electron chi connectivity index (χ2n) is 4.82. The largest absolute Gasteiger partial charge is 0.378 e. The quantitative estimate of drug-likeness (QED) is 0.938. The van der Waals surface area contributed by atoms with Crippen LogP contribution >= 0.6 is 0 Å². The predicted octanol–water partition coefficient (Wildman–Crippen LogP) is 2.17. The van der Waals surface area contributed by atoms with Crippen LogP contribution in [-0.4, -0.2) is 37.2 Å². The number of amides is 1. The van der Waals surface area contributed by atoms with Crippen LogP contribution in [-0.2, 0) is 4.74 Å². The van der Waals surface area contributed by atoms with E-state index in [-0.39, 0.29) is 5.91 Å². The minimum absolute atomic E-state index is 0.199. The first kappa shape index (κ1) is 13.6. The van der Waals surface area contributed by atoms with Gasteiger partial charge in [-0.15, -0.1) is 0 Å². The Morgan fingerprint density at radius 3 is 2.52 bits per heavy atom. The summed E-state index contributed by atoms with van der Waals surface area (Å²) in [5, 5.41) is 2.82. The topological polar surface area (TPSA) is 54.5 Å². The van der Waals surface area contributed by atoms with Gasteiger partial charge >= 0.3 is 0 Å². The molecule has 3 rings (SSSR count). The number of hydrogen-bond acceptors (Lipinski definition) is 4. The SMILES string of the molecule is O=C(Nc1ccccc1)c1ccc(N2CCOCC2)cn1. The number of carbonyl (C=O) groups excluding carboxylic acids is 1. The Morgan fingerprint density at radius 1 is 1.10 bits per heavy atom. The number of pyridine rings is 1. The van der Waals surface area contributed by atoms with E-state index in [1.54, 1.807) is 12.3 Å². The highest BCUT2D eigenvalue weighted by atomic mass is 16.5. The van der Waals surface area contributed by atoms with Crippen LogP contribution in [0.15, 0.2) is 48.7 Å². The molecule has 0 unspecified atom stereocenters. The smallest absolute Gasteiger partial charge is 0.274 e. The molecule has 1 N–H and O–H groups in total. The first-order chi connectivity index (χ1) is 10.3. The van der Waals surface area contributed by atoms with Gasteiger partial charge in [-0.2, -0.15) is 0 Å². The van der Waals surface area contributed by atoms with Crippen molar-refractivity contribution in [2.75, 3.05) is 36.5 Å². The number of anilines is 2. The molecule has 1 aromatic heterocycles. The van der Waals surface area contributed by atoms with Crippen LogP contribution in [0.25, 0.3) is 0 Å². The third-order valence-corrected chi connectivity index (χ3v) is 3.39. The Hall–Kier alpha value is -2.40. The van der Waals surface area contributed by atoms with Crippen LogP contribution in [0.3, 0.4) is 0 Å². The van der Waals surface area contributed by atoms with Gasteiger partial charge in [0.05, 0.1) is 25.1 Å². The fourth-order valence-corrected chi connectivity index (χ4v) is 2.25. The van der Waals surface area contributed by atoms with Gasteiger partial charge in [0, 0.05) is 18.8 Å². The van der Waals surface area contributed by atoms with Crippen LogP contribution in [0, 0.1) is 0 Å². The number of morpholine rings is 1. The monoisotopic (exact) mass is 283 g/mol. The summed E-state index contributed by atoms with van der Waals surface area (Å²) in [6.45, 7) is 3.18. The zero-order chi connectivity index (χ0) is 14.5. The van der Waals surface area contributed by atoms with Gasteiger partial charge in [0.2, 0.25) is 0 Å². The zero-order valence-corrected chi connectivity index (χ0v) is 11.7. The Kier molecular flexibility index (Phi) is 4.12. The number of aromatic nitrogens is 1. The molecule has 1 aliphatic rings. The van der Waals surface area contributed by atoms with Gasteiger partial charge in [-0.1, -0.05) is 18.2 Å². The summed E-state index contributed by atoms with van der Waals surface area (Å²) in [5.74, 6) is -0.199. The van der Waals surface area contributed by atoms with E-state index in [4.69, 9.17) is 4.74 Å². The maximum absolute atomic E-state index is 12.1. The Labute approximate surface area is 123 Å². The van der Waals surface area contributed by atoms with Gasteiger partial charge in [-0.3, -0.25) is 4.79 Å². The van der Waals surface area contributed by atoms with Crippen molar-refractivity contribution in [1.29, 1.82) is 0 Å². The molecule has 0 atom stereocenters. The van der Waals surface area contributed by atoms with E-state index in [1.165, 1.54) is 0 Å². The molecule has 0 radical (unpaired) electrons. The van der Waals surface area contributed by atoms with Gasteiger partial charge in [0.15, 0.2) is 0 Å². The molecule has 1 aromatic carbocycles. The average Bonchev–Trinajstić information content (AvgIpc) is 2.57. The number of rotatable bonds is 3. The van der Waals surface area contributed by atoms with Crippen molar-refractivity contribution in [1.82, 2.24) is 4.98 Å². The van der Waals surface area contributed by atoms with Crippen molar-refractivity contribution >= 4 is 17.3 Å². The Balaban J connectivity index is 1.67. The lowest BCUT2D eigenvalue weighted by Crippen LogP contribution is -2.36. The molecule has 5 heteroatoms. The normalized spacial score (nSPS) is 14.8. The van der Waals surface area contributed by atoms with Gasteiger partial charge in [-0.05, 0) is 24.3 Å². The van der Waals surface area contributed by atoms with E-state index in [2.05, 4.69) is 15.2 Å². The zero-order valence-electron chi connectivity index (χ0n) is 11.7. The molecule has 1 fully saturated rings. The molecule has 0 spiro atoms. The summed E-state index contributed by atoms with van der Waals surface area (Å²) in [5.41, 5.74) is 2.20.